The number of nitrogens with zero attached hydrogens (tertiary/aromatic N) is 2. The van der Waals surface area contributed by atoms with Crippen LogP contribution >= 0.6 is 11.3 Å². The molecule has 1 atom stereocenters. The van der Waals surface area contributed by atoms with Gasteiger partial charge in [0.05, 0.1) is 13.2 Å². The Bertz CT molecular complexity index is 791. The van der Waals surface area contributed by atoms with Gasteiger partial charge in [-0.3, -0.25) is 9.69 Å². The summed E-state index contributed by atoms with van der Waals surface area (Å²) in [5.74, 6) is 1.19. The fourth-order valence-electron chi connectivity index (χ4n) is 4.12. The largest absolute Gasteiger partial charge is 0.496 e. The van der Waals surface area contributed by atoms with E-state index in [1.54, 1.807) is 7.11 Å². The van der Waals surface area contributed by atoms with Crippen molar-refractivity contribution in [1.29, 1.82) is 0 Å². The Morgan fingerprint density at radius 1 is 1.30 bits per heavy atom. The molecule has 0 aliphatic carbocycles. The third kappa shape index (κ3) is 4.03. The van der Waals surface area contributed by atoms with E-state index in [2.05, 4.69) is 33.8 Å². The van der Waals surface area contributed by atoms with E-state index in [-0.39, 0.29) is 11.9 Å². The topological polar surface area (TPSA) is 44.8 Å². The van der Waals surface area contributed by atoms with Gasteiger partial charge in [-0.25, -0.2) is 0 Å². The van der Waals surface area contributed by atoms with Gasteiger partial charge >= 0.3 is 0 Å². The Hall–Kier alpha value is -1.89. The molecule has 144 valence electrons. The van der Waals surface area contributed by atoms with Crippen molar-refractivity contribution in [3.63, 3.8) is 0 Å². The van der Waals surface area contributed by atoms with Crippen molar-refractivity contribution in [3.8, 4) is 5.75 Å². The van der Waals surface area contributed by atoms with Gasteiger partial charge in [0.2, 0.25) is 5.91 Å². The summed E-state index contributed by atoms with van der Waals surface area (Å²) >= 11 is 1.81. The Kier molecular flexibility index (Phi) is 5.76. The van der Waals surface area contributed by atoms with Crippen LogP contribution in [0.15, 0.2) is 35.7 Å². The van der Waals surface area contributed by atoms with E-state index in [1.807, 2.05) is 28.4 Å². The number of benzene rings is 1. The van der Waals surface area contributed by atoms with Crippen molar-refractivity contribution in [1.82, 2.24) is 15.1 Å². The molecule has 2 aliphatic heterocycles. The highest BCUT2D eigenvalue weighted by Crippen LogP contribution is 2.30. The number of ether oxygens (including phenoxy) is 1. The first-order valence-corrected chi connectivity index (χ1v) is 10.5. The molecule has 1 aromatic carbocycles. The molecule has 3 heterocycles. The van der Waals surface area contributed by atoms with Crippen LogP contribution in [0, 0.1) is 0 Å². The number of piperazine rings is 1. The lowest BCUT2D eigenvalue weighted by molar-refractivity contribution is -0.132. The van der Waals surface area contributed by atoms with Gasteiger partial charge in [0.1, 0.15) is 5.75 Å². The first-order chi connectivity index (χ1) is 13.3. The SMILES string of the molecule is COc1ccccc1C1CNCCN1CCC(=O)N1CCc2sccc2C1. The summed E-state index contributed by atoms with van der Waals surface area (Å²) in [7, 11) is 1.72. The summed E-state index contributed by atoms with van der Waals surface area (Å²) in [5.41, 5.74) is 2.52. The van der Waals surface area contributed by atoms with Crippen LogP contribution in [-0.2, 0) is 17.8 Å². The highest BCUT2D eigenvalue weighted by Gasteiger charge is 2.28. The summed E-state index contributed by atoms with van der Waals surface area (Å²) < 4.78 is 5.56. The molecule has 1 N–H and O–H groups in total. The summed E-state index contributed by atoms with van der Waals surface area (Å²) in [4.78, 5) is 18.7. The molecule has 2 aliphatic rings. The summed E-state index contributed by atoms with van der Waals surface area (Å²) in [5, 5.41) is 5.62. The van der Waals surface area contributed by atoms with Gasteiger partial charge in [-0.2, -0.15) is 0 Å². The van der Waals surface area contributed by atoms with Crippen LogP contribution in [0.1, 0.15) is 28.5 Å². The van der Waals surface area contributed by atoms with Crippen LogP contribution in [0.4, 0.5) is 0 Å². The monoisotopic (exact) mass is 385 g/mol. The van der Waals surface area contributed by atoms with E-state index < -0.39 is 0 Å². The number of para-hydroxylation sites is 1. The normalized spacial score (nSPS) is 20.3. The zero-order valence-electron chi connectivity index (χ0n) is 15.8. The van der Waals surface area contributed by atoms with Crippen LogP contribution in [0.5, 0.6) is 5.75 Å². The number of amides is 1. The number of hydrogen-bond acceptors (Lipinski definition) is 5. The number of thiophene rings is 1. The van der Waals surface area contributed by atoms with Crippen LogP contribution in [0.25, 0.3) is 0 Å². The van der Waals surface area contributed by atoms with E-state index in [0.717, 1.165) is 51.4 Å². The molecule has 1 aromatic heterocycles. The second-order valence-corrected chi connectivity index (χ2v) is 8.18. The van der Waals surface area contributed by atoms with E-state index in [0.29, 0.717) is 6.42 Å². The molecule has 0 bridgehead atoms. The first-order valence-electron chi connectivity index (χ1n) is 9.67. The lowest BCUT2D eigenvalue weighted by Gasteiger charge is -2.37. The number of hydrogen-bond donors (Lipinski definition) is 1. The zero-order chi connectivity index (χ0) is 18.6. The minimum absolute atomic E-state index is 0.243. The fraction of sp³-hybridized carbons (Fsp3) is 0.476. The van der Waals surface area contributed by atoms with Gasteiger partial charge < -0.3 is 15.0 Å². The molecule has 1 saturated heterocycles. The summed E-state index contributed by atoms with van der Waals surface area (Å²) in [6, 6.07) is 10.6. The van der Waals surface area contributed by atoms with Crippen molar-refractivity contribution in [3.05, 3.63) is 51.7 Å². The van der Waals surface area contributed by atoms with Gasteiger partial charge in [-0.15, -0.1) is 11.3 Å². The predicted octanol–water partition coefficient (Wildman–Crippen LogP) is 2.68. The fourth-order valence-corrected chi connectivity index (χ4v) is 5.01. The zero-order valence-corrected chi connectivity index (χ0v) is 16.6. The molecule has 0 saturated carbocycles. The Labute approximate surface area is 164 Å². The highest BCUT2D eigenvalue weighted by molar-refractivity contribution is 7.10. The van der Waals surface area contributed by atoms with E-state index in [4.69, 9.17) is 4.74 Å². The number of fused-ring (bicyclic) bond motifs is 1. The van der Waals surface area contributed by atoms with Crippen molar-refractivity contribution in [2.75, 3.05) is 39.8 Å². The number of methoxy groups -OCH3 is 1. The van der Waals surface area contributed by atoms with Crippen LogP contribution in [-0.4, -0.2) is 55.5 Å². The lowest BCUT2D eigenvalue weighted by Crippen LogP contribution is -2.47. The maximum atomic E-state index is 12.8. The number of carbonyl (C=O) groups is 1. The van der Waals surface area contributed by atoms with Gasteiger partial charge in [0.15, 0.2) is 0 Å². The standard InChI is InChI=1S/C21H27N3O2S/c1-26-19-5-3-2-4-17(19)18-14-22-9-12-23(18)11-7-21(25)24-10-6-20-16(15-24)8-13-27-20/h2-5,8,13,18,22H,6-7,9-12,14-15H2,1H3. The Morgan fingerprint density at radius 2 is 2.19 bits per heavy atom. The number of nitrogens with one attached hydrogen (secondary N) is 1. The maximum Gasteiger partial charge on any atom is 0.224 e. The molecular weight excluding hydrogens is 358 g/mol. The van der Waals surface area contributed by atoms with Crippen molar-refractivity contribution in [2.24, 2.45) is 0 Å². The van der Waals surface area contributed by atoms with Crippen LogP contribution in [0.3, 0.4) is 0 Å². The molecule has 0 radical (unpaired) electrons. The van der Waals surface area contributed by atoms with Crippen LogP contribution in [0.2, 0.25) is 0 Å². The Morgan fingerprint density at radius 3 is 3.07 bits per heavy atom. The average molecular weight is 386 g/mol. The quantitative estimate of drug-likeness (QED) is 0.860. The summed E-state index contributed by atoms with van der Waals surface area (Å²) in [6.45, 7) is 5.21. The van der Waals surface area contributed by atoms with Crippen LogP contribution < -0.4 is 10.1 Å². The molecule has 0 spiro atoms. The molecule has 5 nitrogen and oxygen atoms in total. The molecule has 4 rings (SSSR count). The van der Waals surface area contributed by atoms with E-state index >= 15 is 0 Å². The average Bonchev–Trinajstić information content (AvgIpc) is 3.20. The molecule has 1 fully saturated rings. The van der Waals surface area contributed by atoms with Crippen molar-refractivity contribution >= 4 is 17.2 Å². The second kappa shape index (κ2) is 8.42. The molecule has 1 amide bonds. The molecular formula is C21H27N3O2S. The third-order valence-electron chi connectivity index (χ3n) is 5.63. The minimum Gasteiger partial charge on any atom is -0.496 e. The van der Waals surface area contributed by atoms with Crippen molar-refractivity contribution < 1.29 is 9.53 Å². The smallest absolute Gasteiger partial charge is 0.224 e. The number of rotatable bonds is 5. The number of carbonyl (C=O) groups excluding carboxylic acids is 1. The molecule has 6 heteroatoms. The van der Waals surface area contributed by atoms with Gasteiger partial charge in [-0.1, -0.05) is 18.2 Å². The lowest BCUT2D eigenvalue weighted by atomic mass is 10.0. The summed E-state index contributed by atoms with van der Waals surface area (Å²) in [6.07, 6.45) is 1.57. The third-order valence-corrected chi connectivity index (χ3v) is 6.65. The van der Waals surface area contributed by atoms with E-state index in [1.165, 1.54) is 16.0 Å². The molecule has 1 unspecified atom stereocenters. The van der Waals surface area contributed by atoms with Crippen molar-refractivity contribution in [2.45, 2.75) is 25.4 Å². The van der Waals surface area contributed by atoms with Gasteiger partial charge in [0.25, 0.3) is 0 Å². The minimum atomic E-state index is 0.243. The van der Waals surface area contributed by atoms with Gasteiger partial charge in [-0.05, 0) is 29.5 Å². The molecule has 2 aromatic rings. The first kappa shape index (κ1) is 18.5. The predicted molar refractivity (Wildman–Crippen MR) is 108 cm³/mol. The highest BCUT2D eigenvalue weighted by atomic mass is 32.1. The molecule has 27 heavy (non-hydrogen) atoms. The van der Waals surface area contributed by atoms with E-state index in [9.17, 15) is 4.79 Å². The second-order valence-electron chi connectivity index (χ2n) is 7.18. The maximum absolute atomic E-state index is 12.8. The Balaban J connectivity index is 1.39. The van der Waals surface area contributed by atoms with Gasteiger partial charge in [0, 0.05) is 56.1 Å².